The van der Waals surface area contributed by atoms with Gasteiger partial charge in [-0.3, -0.25) is 9.59 Å². The molecule has 2 aromatic carbocycles. The molecule has 0 bridgehead atoms. The molecule has 2 atom stereocenters. The van der Waals surface area contributed by atoms with Crippen molar-refractivity contribution in [2.45, 2.75) is 32.4 Å². The number of amides is 2. The molecule has 19 nitrogen and oxygen atoms in total. The molecule has 2 amide bonds. The summed E-state index contributed by atoms with van der Waals surface area (Å²) in [7, 11) is 0. The van der Waals surface area contributed by atoms with Crippen molar-refractivity contribution in [2.75, 3.05) is 36.0 Å². The number of halogens is 1. The topological polar surface area (TPSA) is 191 Å². The summed E-state index contributed by atoms with van der Waals surface area (Å²) in [6, 6.07) is 14.8. The standard InChI is InChI=1S/C20H17N9O.C19H17IN8O.CH4/c1-21-14-2-4-16(5-3-14)29-13-24-17(26-29)20(30)25-15-6-9-28(12-15)19-18-22-7-10-27(18)11-8-23-19;20-13-1-3-15(4-2-13)28-12-23-16(25-28)19(29)24-14-5-8-27(11-14)18-17-21-6-9-26(17)10-7-22-18;/h2-5,7-8,10-11,13,15H,6,9,12H2,(H,25,30);1-4,6-7,9-10,12,14H,5,8,11H2,(H,24,29);1H4/t15-;14-;/m00./s1. The van der Waals surface area contributed by atoms with Crippen LogP contribution in [0.4, 0.5) is 17.3 Å². The van der Waals surface area contributed by atoms with Crippen molar-refractivity contribution in [3.05, 3.63) is 137 Å². The van der Waals surface area contributed by atoms with Crippen LogP contribution in [-0.4, -0.2) is 108 Å². The smallest absolute Gasteiger partial charge is 0.291 e. The quantitative estimate of drug-likeness (QED) is 0.161. The average Bonchev–Trinajstić information content (AvgIpc) is 4.12. The number of hydrogen-bond donors (Lipinski definition) is 2. The second kappa shape index (κ2) is 17.3. The van der Waals surface area contributed by atoms with Gasteiger partial charge in [0.2, 0.25) is 11.6 Å². The minimum absolute atomic E-state index is 0. The molecule has 60 heavy (non-hydrogen) atoms. The fourth-order valence-corrected chi connectivity index (χ4v) is 7.38. The summed E-state index contributed by atoms with van der Waals surface area (Å²) >= 11 is 2.25. The molecule has 20 heteroatoms. The highest BCUT2D eigenvalue weighted by molar-refractivity contribution is 14.1. The molecule has 8 heterocycles. The van der Waals surface area contributed by atoms with Crippen molar-refractivity contribution < 1.29 is 9.59 Å². The largest absolute Gasteiger partial charge is 0.351 e. The van der Waals surface area contributed by atoms with Gasteiger partial charge < -0.3 is 29.2 Å². The summed E-state index contributed by atoms with van der Waals surface area (Å²) in [6.45, 7) is 9.90. The monoisotopic (exact) mass is 915 g/mol. The van der Waals surface area contributed by atoms with E-state index < -0.39 is 0 Å². The van der Waals surface area contributed by atoms with Crippen LogP contribution in [0.3, 0.4) is 0 Å². The Bertz CT molecular complexity index is 2800. The number of aromatic nitrogens is 12. The SMILES string of the molecule is C.O=C(N[C@H]1CCN(c2nccn3ccnc23)C1)c1ncn(-c2ccc(I)cc2)n1.[C-]#[N+]c1ccc(-n2cnc(C(=O)N[C@H]3CCN(c4nccn5ccnc45)C3)n2)cc1. The van der Waals surface area contributed by atoms with E-state index in [4.69, 9.17) is 6.57 Å². The lowest BCUT2D eigenvalue weighted by atomic mass is 10.2. The van der Waals surface area contributed by atoms with Gasteiger partial charge in [-0.15, -0.1) is 10.2 Å². The first-order chi connectivity index (χ1) is 28.9. The molecule has 2 aliphatic rings. The summed E-state index contributed by atoms with van der Waals surface area (Å²) in [5.41, 5.74) is 3.76. The minimum atomic E-state index is -0.314. The van der Waals surface area contributed by atoms with E-state index in [9.17, 15) is 9.59 Å². The first-order valence-electron chi connectivity index (χ1n) is 18.6. The van der Waals surface area contributed by atoms with Gasteiger partial charge in [0, 0.05) is 91.4 Å². The Morgan fingerprint density at radius 3 is 1.52 bits per heavy atom. The zero-order chi connectivity index (χ0) is 40.3. The molecular formula is C40H38IN17O2. The molecule has 2 aliphatic heterocycles. The predicted molar refractivity (Wildman–Crippen MR) is 231 cm³/mol. The first-order valence-corrected chi connectivity index (χ1v) is 19.7. The number of nitrogens with one attached hydrogen (secondary N) is 2. The van der Waals surface area contributed by atoms with Crippen molar-refractivity contribution in [1.29, 1.82) is 0 Å². The third-order valence-corrected chi connectivity index (χ3v) is 10.7. The second-order valence-corrected chi connectivity index (χ2v) is 15.0. The zero-order valence-corrected chi connectivity index (χ0v) is 33.3. The van der Waals surface area contributed by atoms with Gasteiger partial charge in [0.1, 0.15) is 12.7 Å². The van der Waals surface area contributed by atoms with Gasteiger partial charge in [-0.05, 0) is 71.8 Å². The van der Waals surface area contributed by atoms with E-state index >= 15 is 0 Å². The lowest BCUT2D eigenvalue weighted by molar-refractivity contribution is 0.0921. The highest BCUT2D eigenvalue weighted by atomic mass is 127. The first kappa shape index (κ1) is 39.5. The lowest BCUT2D eigenvalue weighted by Crippen LogP contribution is -2.37. The number of carbonyl (C=O) groups excluding carboxylic acids is 2. The summed E-state index contributed by atoms with van der Waals surface area (Å²) in [5.74, 6) is 1.32. The van der Waals surface area contributed by atoms with Crippen LogP contribution >= 0.6 is 22.6 Å². The fraction of sp³-hybridized carbons (Fsp3) is 0.225. The third kappa shape index (κ3) is 8.33. The van der Waals surface area contributed by atoms with Gasteiger partial charge in [-0.25, -0.2) is 44.1 Å². The van der Waals surface area contributed by atoms with E-state index in [-0.39, 0.29) is 43.0 Å². The Labute approximate surface area is 357 Å². The highest BCUT2D eigenvalue weighted by Gasteiger charge is 2.29. The van der Waals surface area contributed by atoms with E-state index in [1.165, 1.54) is 11.0 Å². The third-order valence-electron chi connectivity index (χ3n) is 9.96. The van der Waals surface area contributed by atoms with Crippen molar-refractivity contribution in [1.82, 2.24) is 68.9 Å². The second-order valence-electron chi connectivity index (χ2n) is 13.8. The molecule has 8 aromatic rings. The van der Waals surface area contributed by atoms with Gasteiger partial charge >= 0.3 is 0 Å². The minimum Gasteiger partial charge on any atom is -0.351 e. The Morgan fingerprint density at radius 2 is 1.07 bits per heavy atom. The Hall–Kier alpha value is -7.28. The van der Waals surface area contributed by atoms with Crippen LogP contribution in [0, 0.1) is 10.1 Å². The van der Waals surface area contributed by atoms with Gasteiger partial charge in [-0.1, -0.05) is 19.6 Å². The summed E-state index contributed by atoms with van der Waals surface area (Å²) < 4.78 is 8.13. The number of rotatable bonds is 8. The molecule has 0 aliphatic carbocycles. The Balaban J connectivity index is 0.000000164. The highest BCUT2D eigenvalue weighted by Crippen LogP contribution is 2.24. The molecule has 0 saturated carbocycles. The van der Waals surface area contributed by atoms with E-state index in [1.807, 2.05) is 57.9 Å². The van der Waals surface area contributed by atoms with Crippen LogP contribution in [0.25, 0.3) is 27.5 Å². The fourth-order valence-electron chi connectivity index (χ4n) is 7.02. The van der Waals surface area contributed by atoms with Gasteiger partial charge in [0.15, 0.2) is 28.6 Å². The number of hydrogen-bond acceptors (Lipinski definition) is 12. The number of nitrogens with zero attached hydrogens (tertiary/aromatic N) is 15. The van der Waals surface area contributed by atoms with Crippen LogP contribution in [0.2, 0.25) is 0 Å². The van der Waals surface area contributed by atoms with E-state index in [0.717, 1.165) is 63.8 Å². The summed E-state index contributed by atoms with van der Waals surface area (Å²) in [4.78, 5) is 58.9. The predicted octanol–water partition coefficient (Wildman–Crippen LogP) is 4.43. The van der Waals surface area contributed by atoms with Gasteiger partial charge in [-0.2, -0.15) is 0 Å². The lowest BCUT2D eigenvalue weighted by Gasteiger charge is -2.18. The van der Waals surface area contributed by atoms with Crippen LogP contribution in [0.15, 0.2) is 111 Å². The number of imidazole rings is 2. The molecule has 0 spiro atoms. The van der Waals surface area contributed by atoms with Crippen molar-refractivity contribution in [2.24, 2.45) is 0 Å². The van der Waals surface area contributed by atoms with Crippen molar-refractivity contribution in [3.8, 4) is 11.4 Å². The van der Waals surface area contributed by atoms with Crippen LogP contribution in [-0.2, 0) is 0 Å². The maximum absolute atomic E-state index is 12.6. The molecule has 0 unspecified atom stereocenters. The number of carbonyl (C=O) groups is 2. The normalized spacial score (nSPS) is 15.9. The van der Waals surface area contributed by atoms with Crippen LogP contribution in [0.1, 0.15) is 41.5 Å². The van der Waals surface area contributed by atoms with E-state index in [0.29, 0.717) is 18.8 Å². The Kier molecular flexibility index (Phi) is 11.4. The molecule has 2 saturated heterocycles. The number of anilines is 2. The van der Waals surface area contributed by atoms with Crippen molar-refractivity contribution in [3.63, 3.8) is 0 Å². The van der Waals surface area contributed by atoms with Gasteiger partial charge in [0.05, 0.1) is 17.9 Å². The average molecular weight is 916 g/mol. The molecule has 6 aromatic heterocycles. The van der Waals surface area contributed by atoms with Crippen molar-refractivity contribution >= 4 is 63.0 Å². The molecule has 10 rings (SSSR count). The number of fused-ring (bicyclic) bond motifs is 2. The maximum Gasteiger partial charge on any atom is 0.291 e. The van der Waals surface area contributed by atoms with E-state index in [2.05, 4.69) is 88.0 Å². The number of benzene rings is 2. The molecule has 2 fully saturated rings. The molecule has 2 N–H and O–H groups in total. The summed E-state index contributed by atoms with van der Waals surface area (Å²) in [6.07, 6.45) is 19.2. The molecular weight excluding hydrogens is 877 g/mol. The van der Waals surface area contributed by atoms with Crippen LogP contribution in [0.5, 0.6) is 0 Å². The molecule has 0 radical (unpaired) electrons. The zero-order valence-electron chi connectivity index (χ0n) is 31.2. The summed E-state index contributed by atoms with van der Waals surface area (Å²) in [5, 5.41) is 14.6. The molecule has 302 valence electrons. The van der Waals surface area contributed by atoms with Gasteiger partial charge in [0.25, 0.3) is 11.8 Å². The Morgan fingerprint density at radius 1 is 0.633 bits per heavy atom. The maximum atomic E-state index is 12.6. The van der Waals surface area contributed by atoms with Crippen LogP contribution < -0.4 is 20.4 Å². The van der Waals surface area contributed by atoms with E-state index in [1.54, 1.807) is 60.1 Å².